The Morgan fingerprint density at radius 2 is 1.88 bits per heavy atom. The van der Waals surface area contributed by atoms with Gasteiger partial charge in [-0.3, -0.25) is 19.3 Å². The number of carbonyl (C=O) groups is 4. The predicted octanol–water partition coefficient (Wildman–Crippen LogP) is 0.350. The highest BCUT2D eigenvalue weighted by Crippen LogP contribution is 2.24. The third kappa shape index (κ3) is 3.43. The van der Waals surface area contributed by atoms with E-state index in [2.05, 4.69) is 0 Å². The molecule has 1 aromatic carbocycles. The molecule has 0 aromatic heterocycles. The van der Waals surface area contributed by atoms with Gasteiger partial charge in [-0.15, -0.1) is 0 Å². The molecule has 2 N–H and O–H groups in total. The minimum Gasteiger partial charge on any atom is -0.449 e. The van der Waals surface area contributed by atoms with E-state index in [0.29, 0.717) is 13.0 Å². The summed E-state index contributed by atoms with van der Waals surface area (Å²) in [5.74, 6) is -2.44. The molecule has 0 fully saturated rings. The van der Waals surface area contributed by atoms with Gasteiger partial charge in [-0.1, -0.05) is 0 Å². The lowest BCUT2D eigenvalue weighted by Crippen LogP contribution is -2.31. The number of hydrogen-bond acceptors (Lipinski definition) is 6. The lowest BCUT2D eigenvalue weighted by Gasteiger charge is -2.12. The van der Waals surface area contributed by atoms with E-state index in [-0.39, 0.29) is 23.2 Å². The fourth-order valence-electron chi connectivity index (χ4n) is 2.27. The standard InChI is InChI=1S/C16H18N2O6/c1-9(13(17)19)24-16(22)10-4-5-11-12(8-10)15(21)18(14(11)20)6-3-7-23-2/h4-5,8-9H,3,6-7H2,1-2H3,(H2,17,19)/t9-/m0/s1. The molecule has 1 aromatic rings. The lowest BCUT2D eigenvalue weighted by atomic mass is 10.1. The van der Waals surface area contributed by atoms with Gasteiger partial charge >= 0.3 is 5.97 Å². The number of imide groups is 1. The number of esters is 1. The monoisotopic (exact) mass is 334 g/mol. The van der Waals surface area contributed by atoms with Crippen LogP contribution in [0, 0.1) is 0 Å². The van der Waals surface area contributed by atoms with Gasteiger partial charge in [0, 0.05) is 20.3 Å². The second-order valence-corrected chi connectivity index (χ2v) is 5.32. The third-order valence-corrected chi connectivity index (χ3v) is 3.62. The van der Waals surface area contributed by atoms with E-state index in [0.717, 1.165) is 4.90 Å². The smallest absolute Gasteiger partial charge is 0.338 e. The summed E-state index contributed by atoms with van der Waals surface area (Å²) < 4.78 is 9.79. The number of hydrogen-bond donors (Lipinski definition) is 1. The van der Waals surface area contributed by atoms with Crippen LogP contribution in [0.1, 0.15) is 44.4 Å². The van der Waals surface area contributed by atoms with Crippen molar-refractivity contribution < 1.29 is 28.7 Å². The van der Waals surface area contributed by atoms with Crippen LogP contribution in [0.2, 0.25) is 0 Å². The molecule has 0 saturated heterocycles. The molecular formula is C16H18N2O6. The molecule has 3 amide bonds. The van der Waals surface area contributed by atoms with Gasteiger partial charge in [0.2, 0.25) is 0 Å². The summed E-state index contributed by atoms with van der Waals surface area (Å²) >= 11 is 0. The van der Waals surface area contributed by atoms with E-state index in [9.17, 15) is 19.2 Å². The van der Waals surface area contributed by atoms with E-state index in [4.69, 9.17) is 15.2 Å². The highest BCUT2D eigenvalue weighted by Gasteiger charge is 2.35. The summed E-state index contributed by atoms with van der Waals surface area (Å²) in [5.41, 5.74) is 5.48. The minimum absolute atomic E-state index is 0.0711. The third-order valence-electron chi connectivity index (χ3n) is 3.62. The van der Waals surface area contributed by atoms with Gasteiger partial charge in [0.05, 0.1) is 16.7 Å². The number of methoxy groups -OCH3 is 1. The molecule has 0 radical (unpaired) electrons. The van der Waals surface area contributed by atoms with Crippen molar-refractivity contribution in [3.05, 3.63) is 34.9 Å². The normalized spacial score (nSPS) is 14.5. The zero-order valence-electron chi connectivity index (χ0n) is 13.4. The van der Waals surface area contributed by atoms with Gasteiger partial charge < -0.3 is 15.2 Å². The van der Waals surface area contributed by atoms with Crippen molar-refractivity contribution >= 4 is 23.7 Å². The predicted molar refractivity (Wildman–Crippen MR) is 82.4 cm³/mol. The van der Waals surface area contributed by atoms with Gasteiger partial charge in [-0.25, -0.2) is 4.79 Å². The molecule has 1 aliphatic rings. The number of primary amides is 1. The Kier molecular flexibility index (Phi) is 5.30. The molecule has 0 spiro atoms. The number of benzene rings is 1. The van der Waals surface area contributed by atoms with Gasteiger partial charge in [-0.05, 0) is 31.5 Å². The summed E-state index contributed by atoms with van der Waals surface area (Å²) in [6.07, 6.45) is -0.568. The molecule has 0 saturated carbocycles. The quantitative estimate of drug-likeness (QED) is 0.437. The van der Waals surface area contributed by atoms with Gasteiger partial charge in [0.15, 0.2) is 6.10 Å². The topological polar surface area (TPSA) is 116 Å². The fourth-order valence-corrected chi connectivity index (χ4v) is 2.27. The number of rotatable bonds is 7. The van der Waals surface area contributed by atoms with Crippen molar-refractivity contribution in [2.45, 2.75) is 19.4 Å². The van der Waals surface area contributed by atoms with Crippen LogP contribution in [0.25, 0.3) is 0 Å². The van der Waals surface area contributed by atoms with E-state index in [1.54, 1.807) is 0 Å². The number of ether oxygens (including phenoxy) is 2. The Bertz CT molecular complexity index is 700. The summed E-state index contributed by atoms with van der Waals surface area (Å²) in [5, 5.41) is 0. The Labute approximate surface area is 138 Å². The molecule has 0 aliphatic carbocycles. The number of fused-ring (bicyclic) bond motifs is 1. The van der Waals surface area contributed by atoms with Crippen LogP contribution in [0.15, 0.2) is 18.2 Å². The van der Waals surface area contributed by atoms with E-state index >= 15 is 0 Å². The van der Waals surface area contributed by atoms with E-state index < -0.39 is 29.8 Å². The Balaban J connectivity index is 2.18. The maximum Gasteiger partial charge on any atom is 0.338 e. The first-order chi connectivity index (χ1) is 11.4. The van der Waals surface area contributed by atoms with Crippen molar-refractivity contribution in [2.24, 2.45) is 5.73 Å². The number of nitrogens with zero attached hydrogens (tertiary/aromatic N) is 1. The number of nitrogens with two attached hydrogens (primary N) is 1. The molecule has 8 nitrogen and oxygen atoms in total. The number of amides is 3. The molecule has 128 valence electrons. The Hall–Kier alpha value is -2.74. The van der Waals surface area contributed by atoms with E-state index in [1.807, 2.05) is 0 Å². The minimum atomic E-state index is -1.09. The lowest BCUT2D eigenvalue weighted by molar-refractivity contribution is -0.125. The van der Waals surface area contributed by atoms with Gasteiger partial charge in [0.25, 0.3) is 17.7 Å². The Morgan fingerprint density at radius 1 is 1.21 bits per heavy atom. The molecular weight excluding hydrogens is 316 g/mol. The maximum atomic E-state index is 12.3. The fraction of sp³-hybridized carbons (Fsp3) is 0.375. The van der Waals surface area contributed by atoms with Crippen molar-refractivity contribution in [1.29, 1.82) is 0 Å². The van der Waals surface area contributed by atoms with Crippen LogP contribution in [-0.4, -0.2) is 55.0 Å². The first-order valence-electron chi connectivity index (χ1n) is 7.36. The molecule has 1 atom stereocenters. The van der Waals surface area contributed by atoms with Crippen LogP contribution in [0.3, 0.4) is 0 Å². The first kappa shape index (κ1) is 17.6. The highest BCUT2D eigenvalue weighted by atomic mass is 16.5. The summed E-state index contributed by atoms with van der Waals surface area (Å²) in [4.78, 5) is 48.6. The zero-order chi connectivity index (χ0) is 17.9. The molecule has 1 aliphatic heterocycles. The first-order valence-corrected chi connectivity index (χ1v) is 7.36. The highest BCUT2D eigenvalue weighted by molar-refractivity contribution is 6.21. The second-order valence-electron chi connectivity index (χ2n) is 5.32. The van der Waals surface area contributed by atoms with E-state index in [1.165, 1.54) is 32.2 Å². The molecule has 1 heterocycles. The largest absolute Gasteiger partial charge is 0.449 e. The van der Waals surface area contributed by atoms with Crippen molar-refractivity contribution in [3.8, 4) is 0 Å². The van der Waals surface area contributed by atoms with Crippen LogP contribution in [0.4, 0.5) is 0 Å². The van der Waals surface area contributed by atoms with Crippen LogP contribution in [0.5, 0.6) is 0 Å². The van der Waals surface area contributed by atoms with Crippen LogP contribution in [-0.2, 0) is 14.3 Å². The molecule has 8 heteroatoms. The van der Waals surface area contributed by atoms with Crippen molar-refractivity contribution in [2.75, 3.05) is 20.3 Å². The number of carbonyl (C=O) groups excluding carboxylic acids is 4. The van der Waals surface area contributed by atoms with Crippen molar-refractivity contribution in [1.82, 2.24) is 4.90 Å². The molecule has 24 heavy (non-hydrogen) atoms. The van der Waals surface area contributed by atoms with Gasteiger partial charge in [0.1, 0.15) is 0 Å². The summed E-state index contributed by atoms with van der Waals surface area (Å²) in [6, 6.07) is 4.07. The molecule has 0 bridgehead atoms. The summed E-state index contributed by atoms with van der Waals surface area (Å²) in [6.45, 7) is 2.01. The maximum absolute atomic E-state index is 12.3. The average molecular weight is 334 g/mol. The second kappa shape index (κ2) is 7.22. The molecule has 2 rings (SSSR count). The SMILES string of the molecule is COCCCN1C(=O)c2ccc(C(=O)O[C@@H](C)C(N)=O)cc2C1=O. The Morgan fingerprint density at radius 3 is 2.50 bits per heavy atom. The summed E-state index contributed by atoms with van der Waals surface area (Å²) in [7, 11) is 1.54. The molecule has 0 unspecified atom stereocenters. The average Bonchev–Trinajstić information content (AvgIpc) is 2.79. The van der Waals surface area contributed by atoms with Gasteiger partial charge in [-0.2, -0.15) is 0 Å². The van der Waals surface area contributed by atoms with Crippen LogP contribution < -0.4 is 5.73 Å². The van der Waals surface area contributed by atoms with Crippen molar-refractivity contribution in [3.63, 3.8) is 0 Å². The van der Waals surface area contributed by atoms with Crippen LogP contribution >= 0.6 is 0 Å². The zero-order valence-corrected chi connectivity index (χ0v) is 13.4.